The average Bonchev–Trinajstić information content (AvgIpc) is 2.28. The van der Waals surface area contributed by atoms with E-state index in [-0.39, 0.29) is 44.5 Å². The molecular formula is C13H12Br2NOY-. The van der Waals surface area contributed by atoms with E-state index >= 15 is 0 Å². The summed E-state index contributed by atoms with van der Waals surface area (Å²) in [5, 5.41) is 0. The van der Waals surface area contributed by atoms with Gasteiger partial charge in [0.05, 0.1) is 0 Å². The molecule has 0 N–H and O–H groups in total. The zero-order chi connectivity index (χ0) is 12.6. The summed E-state index contributed by atoms with van der Waals surface area (Å²) in [6.45, 7) is 1.93. The first kappa shape index (κ1) is 16.5. The number of carbonyl (C=O) groups is 1. The fourth-order valence-electron chi connectivity index (χ4n) is 1.85. The van der Waals surface area contributed by atoms with Gasteiger partial charge in [-0.3, -0.25) is 4.79 Å². The second kappa shape index (κ2) is 6.78. The minimum Gasteiger partial charge on any atom is -0.350 e. The monoisotopic (exact) mass is 445 g/mol. The Kier molecular flexibility index (Phi) is 6.23. The Bertz CT molecular complexity index is 502. The van der Waals surface area contributed by atoms with E-state index in [1.54, 1.807) is 11.9 Å². The van der Waals surface area contributed by atoms with Crippen LogP contribution >= 0.6 is 31.9 Å². The zero-order valence-corrected chi connectivity index (χ0v) is 16.2. The molecule has 2 nitrogen and oxygen atoms in total. The maximum absolute atomic E-state index is 11.9. The number of rotatable bonds is 1. The van der Waals surface area contributed by atoms with Gasteiger partial charge in [0.1, 0.15) is 0 Å². The van der Waals surface area contributed by atoms with Gasteiger partial charge in [0.15, 0.2) is 0 Å². The number of amides is 1. The number of nitrogens with zero attached hydrogens (tertiary/aromatic N) is 1. The van der Waals surface area contributed by atoms with E-state index < -0.39 is 0 Å². The number of hydrogen-bond donors (Lipinski definition) is 0. The minimum atomic E-state index is 0. The summed E-state index contributed by atoms with van der Waals surface area (Å²) in [7, 11) is 1.80. The number of benzene rings is 1. The van der Waals surface area contributed by atoms with E-state index in [9.17, 15) is 4.79 Å². The summed E-state index contributed by atoms with van der Waals surface area (Å²) < 4.78 is 1.97. The summed E-state index contributed by atoms with van der Waals surface area (Å²) in [4.78, 5) is 13.6. The molecule has 0 fully saturated rings. The maximum atomic E-state index is 11.9. The smallest absolute Gasteiger partial charge is 0.225 e. The van der Waals surface area contributed by atoms with Crippen LogP contribution in [0.25, 0.3) is 5.70 Å². The van der Waals surface area contributed by atoms with Crippen molar-refractivity contribution in [2.24, 2.45) is 5.92 Å². The van der Waals surface area contributed by atoms with Gasteiger partial charge in [-0.25, -0.2) is 6.08 Å². The molecule has 0 saturated heterocycles. The Hall–Kier alpha value is 0.494. The third-order valence-corrected chi connectivity index (χ3v) is 4.00. The Balaban J connectivity index is 0.00000162. The van der Waals surface area contributed by atoms with Crippen molar-refractivity contribution >= 4 is 43.5 Å². The van der Waals surface area contributed by atoms with Crippen LogP contribution in [-0.2, 0) is 37.5 Å². The molecule has 5 heteroatoms. The van der Waals surface area contributed by atoms with Crippen molar-refractivity contribution in [3.05, 3.63) is 38.8 Å². The summed E-state index contributed by atoms with van der Waals surface area (Å²) in [5.74, 6) is 0.173. The molecule has 0 aromatic heterocycles. The quantitative estimate of drug-likeness (QED) is 0.600. The number of carbonyl (C=O) groups excluding carboxylic acids is 1. The van der Waals surface area contributed by atoms with Crippen LogP contribution in [0.5, 0.6) is 0 Å². The molecule has 93 valence electrons. The second-order valence-corrected chi connectivity index (χ2v) is 5.92. The van der Waals surface area contributed by atoms with E-state index in [4.69, 9.17) is 0 Å². The van der Waals surface area contributed by atoms with Gasteiger partial charge in [0.2, 0.25) is 5.91 Å². The third kappa shape index (κ3) is 3.33. The van der Waals surface area contributed by atoms with Crippen molar-refractivity contribution in [1.29, 1.82) is 0 Å². The van der Waals surface area contributed by atoms with Crippen molar-refractivity contribution in [2.45, 2.75) is 13.3 Å². The number of halogens is 2. The SMILES string of the molecule is CC1C[C-]=C(c2ccc(Br)cc2Br)N(C)C1=O.[Y]. The molecule has 1 radical (unpaired) electrons. The van der Waals surface area contributed by atoms with Gasteiger partial charge in [0.25, 0.3) is 0 Å². The predicted octanol–water partition coefficient (Wildman–Crippen LogP) is 3.85. The van der Waals surface area contributed by atoms with Crippen LogP contribution in [0.15, 0.2) is 27.1 Å². The first-order valence-electron chi connectivity index (χ1n) is 5.34. The van der Waals surface area contributed by atoms with E-state index in [1.807, 2.05) is 25.1 Å². The molecule has 1 aliphatic heterocycles. The van der Waals surface area contributed by atoms with Gasteiger partial charge in [0, 0.05) is 50.1 Å². The van der Waals surface area contributed by atoms with Crippen molar-refractivity contribution in [3.63, 3.8) is 0 Å². The van der Waals surface area contributed by atoms with E-state index in [1.165, 1.54) is 0 Å². The van der Waals surface area contributed by atoms with Crippen molar-refractivity contribution in [2.75, 3.05) is 7.05 Å². The van der Waals surface area contributed by atoms with E-state index in [0.717, 1.165) is 20.2 Å². The second-order valence-electron chi connectivity index (χ2n) is 4.15. The largest absolute Gasteiger partial charge is 0.350 e. The predicted molar refractivity (Wildman–Crippen MR) is 75.0 cm³/mol. The molecule has 0 spiro atoms. The Morgan fingerprint density at radius 3 is 2.67 bits per heavy atom. The maximum Gasteiger partial charge on any atom is 0.225 e. The molecule has 1 atom stereocenters. The van der Waals surface area contributed by atoms with Crippen molar-refractivity contribution in [3.8, 4) is 0 Å². The third-order valence-electron chi connectivity index (χ3n) is 2.85. The molecule has 2 rings (SSSR count). The van der Waals surface area contributed by atoms with Gasteiger partial charge in [-0.15, -0.1) is 17.3 Å². The number of hydrogen-bond acceptors (Lipinski definition) is 1. The van der Waals surface area contributed by atoms with Gasteiger partial charge >= 0.3 is 0 Å². The van der Waals surface area contributed by atoms with Gasteiger partial charge in [-0.1, -0.05) is 61.8 Å². The molecular weight excluding hydrogens is 435 g/mol. The van der Waals surface area contributed by atoms with Gasteiger partial charge < -0.3 is 4.90 Å². The van der Waals surface area contributed by atoms with Crippen LogP contribution in [0.2, 0.25) is 0 Å². The van der Waals surface area contributed by atoms with E-state index in [2.05, 4.69) is 37.9 Å². The van der Waals surface area contributed by atoms with Gasteiger partial charge in [-0.2, -0.15) is 0 Å². The molecule has 0 aliphatic carbocycles. The molecule has 1 aromatic carbocycles. The minimum absolute atomic E-state index is 0. The van der Waals surface area contributed by atoms with E-state index in [0.29, 0.717) is 6.42 Å². The summed E-state index contributed by atoms with van der Waals surface area (Å²) in [5.41, 5.74) is 1.85. The normalized spacial score (nSPS) is 19.3. The first-order valence-corrected chi connectivity index (χ1v) is 6.93. The fraction of sp³-hybridized carbons (Fsp3) is 0.308. The summed E-state index contributed by atoms with van der Waals surface area (Å²) in [6.07, 6.45) is 3.98. The molecule has 0 bridgehead atoms. The van der Waals surface area contributed by atoms with Crippen LogP contribution in [0.4, 0.5) is 0 Å². The summed E-state index contributed by atoms with van der Waals surface area (Å²) >= 11 is 6.93. The molecule has 1 amide bonds. The molecule has 1 aliphatic rings. The van der Waals surface area contributed by atoms with Crippen LogP contribution in [-0.4, -0.2) is 17.9 Å². The Labute approximate surface area is 149 Å². The van der Waals surface area contributed by atoms with Crippen molar-refractivity contribution < 1.29 is 37.5 Å². The Morgan fingerprint density at radius 1 is 1.39 bits per heavy atom. The molecule has 1 heterocycles. The van der Waals surface area contributed by atoms with Crippen LogP contribution in [0.1, 0.15) is 18.9 Å². The van der Waals surface area contributed by atoms with Crippen LogP contribution in [0.3, 0.4) is 0 Å². The Morgan fingerprint density at radius 2 is 2.06 bits per heavy atom. The average molecular weight is 447 g/mol. The van der Waals surface area contributed by atoms with Crippen molar-refractivity contribution in [1.82, 2.24) is 4.90 Å². The molecule has 1 aromatic rings. The number of allylic oxidation sites excluding steroid dienone is 1. The topological polar surface area (TPSA) is 20.3 Å². The van der Waals surface area contributed by atoms with Gasteiger partial charge in [-0.05, 0) is 0 Å². The zero-order valence-electron chi connectivity index (χ0n) is 10.2. The first-order chi connectivity index (χ1) is 8.00. The fourth-order valence-corrected chi connectivity index (χ4v) is 3.09. The van der Waals surface area contributed by atoms with Crippen LogP contribution < -0.4 is 0 Å². The molecule has 1 unspecified atom stereocenters. The van der Waals surface area contributed by atoms with Crippen LogP contribution in [0, 0.1) is 12.0 Å². The molecule has 18 heavy (non-hydrogen) atoms. The summed E-state index contributed by atoms with van der Waals surface area (Å²) in [6, 6.07) is 5.92. The molecule has 0 saturated carbocycles. The standard InChI is InChI=1S/C13H12Br2NO.Y/c1-8-3-6-12(16(2)13(8)17)10-5-4-9(14)7-11(10)15;/h4-5,7-8H,3H2,1-2H3;/q-1;.